The maximum atomic E-state index is 11.5. The minimum Gasteiger partial charge on any atom is -0.447 e. The molecule has 0 saturated carbocycles. The Morgan fingerprint density at radius 3 is 2.48 bits per heavy atom. The van der Waals surface area contributed by atoms with Crippen LogP contribution in [0.2, 0.25) is 0 Å². The molecule has 0 unspecified atom stereocenters. The second-order valence-electron chi connectivity index (χ2n) is 5.69. The zero-order valence-electron chi connectivity index (χ0n) is 13.8. The molecule has 23 heavy (non-hydrogen) atoms. The van der Waals surface area contributed by atoms with E-state index in [1.54, 1.807) is 0 Å². The lowest BCUT2D eigenvalue weighted by Gasteiger charge is -2.39. The molecule has 0 aliphatic carbocycles. The second-order valence-corrected chi connectivity index (χ2v) is 5.69. The number of unbranched alkanes of at least 4 members (excludes halogenated alkanes) is 4. The van der Waals surface area contributed by atoms with E-state index in [1.165, 1.54) is 20.0 Å². The van der Waals surface area contributed by atoms with E-state index in [-0.39, 0.29) is 6.61 Å². The molecule has 0 aromatic carbocycles. The molecule has 1 saturated heterocycles. The molecule has 1 aliphatic rings. The zero-order chi connectivity index (χ0) is 17.2. The maximum absolute atomic E-state index is 11.5. The van der Waals surface area contributed by atoms with E-state index in [2.05, 4.69) is 12.2 Å². The van der Waals surface area contributed by atoms with Crippen LogP contribution in [0.3, 0.4) is 0 Å². The van der Waals surface area contributed by atoms with Gasteiger partial charge in [-0.05, 0) is 6.42 Å². The Hall–Kier alpha value is -0.930. The predicted octanol–water partition coefficient (Wildman–Crippen LogP) is 0.137. The first-order valence-electron chi connectivity index (χ1n) is 8.14. The summed E-state index contributed by atoms with van der Waals surface area (Å²) in [7, 11) is 1.29. The Morgan fingerprint density at radius 2 is 1.83 bits per heavy atom. The third kappa shape index (κ3) is 6.60. The molecule has 0 radical (unpaired) electrons. The van der Waals surface area contributed by atoms with Crippen molar-refractivity contribution in [1.82, 2.24) is 5.32 Å². The van der Waals surface area contributed by atoms with E-state index < -0.39 is 36.8 Å². The fraction of sp³-hybridized carbons (Fsp3) is 0.933. The average Bonchev–Trinajstić information content (AvgIpc) is 2.53. The fourth-order valence-corrected chi connectivity index (χ4v) is 2.44. The van der Waals surface area contributed by atoms with Crippen LogP contribution in [0.25, 0.3) is 0 Å². The monoisotopic (exact) mass is 335 g/mol. The van der Waals surface area contributed by atoms with E-state index in [9.17, 15) is 20.1 Å². The van der Waals surface area contributed by atoms with Crippen molar-refractivity contribution in [3.63, 3.8) is 0 Å². The lowest BCUT2D eigenvalue weighted by atomic mass is 9.99. The Morgan fingerprint density at radius 1 is 1.13 bits per heavy atom. The lowest BCUT2D eigenvalue weighted by molar-refractivity contribution is -0.291. The molecule has 1 amide bonds. The summed E-state index contributed by atoms with van der Waals surface area (Å²) in [4.78, 5) is 11.5. The summed E-state index contributed by atoms with van der Waals surface area (Å²) in [5, 5.41) is 32.0. The number of amides is 1. The van der Waals surface area contributed by atoms with E-state index in [0.29, 0.717) is 6.54 Å². The van der Waals surface area contributed by atoms with Crippen LogP contribution in [0.15, 0.2) is 0 Å². The van der Waals surface area contributed by atoms with Gasteiger partial charge >= 0.3 is 6.09 Å². The molecule has 1 fully saturated rings. The molecule has 0 aromatic heterocycles. The van der Waals surface area contributed by atoms with Gasteiger partial charge < -0.3 is 34.8 Å². The molecular weight excluding hydrogens is 306 g/mol. The first-order valence-corrected chi connectivity index (χ1v) is 8.14. The Bertz CT molecular complexity index is 342. The molecule has 0 aromatic rings. The number of methoxy groups -OCH3 is 1. The highest BCUT2D eigenvalue weighted by atomic mass is 16.7. The van der Waals surface area contributed by atoms with Gasteiger partial charge in [-0.3, -0.25) is 0 Å². The first-order chi connectivity index (χ1) is 11.0. The van der Waals surface area contributed by atoms with Crippen molar-refractivity contribution >= 4 is 6.09 Å². The van der Waals surface area contributed by atoms with E-state index in [0.717, 1.165) is 19.3 Å². The van der Waals surface area contributed by atoms with Gasteiger partial charge in [-0.15, -0.1) is 0 Å². The number of hydrogen-bond donors (Lipinski definition) is 4. The van der Waals surface area contributed by atoms with E-state index in [4.69, 9.17) is 14.2 Å². The standard InChI is InChI=1S/C15H29NO7/c1-3-4-5-6-7-8-16-15(20)22-9-10-11(17)12(18)13(21-2)14(19)23-10/h10-14,17-19H,3-9H2,1-2H3,(H,16,20)/t10-,11-,12+,13-,14-/m1/s1. The van der Waals surface area contributed by atoms with Gasteiger partial charge in [-0.1, -0.05) is 32.6 Å². The molecule has 8 heteroatoms. The maximum Gasteiger partial charge on any atom is 0.407 e. The number of hydrogen-bond acceptors (Lipinski definition) is 7. The number of aliphatic hydroxyl groups excluding tert-OH is 3. The van der Waals surface area contributed by atoms with E-state index >= 15 is 0 Å². The van der Waals surface area contributed by atoms with Gasteiger partial charge in [0.15, 0.2) is 6.29 Å². The molecule has 5 atom stereocenters. The summed E-state index contributed by atoms with van der Waals surface area (Å²) in [5.74, 6) is 0. The van der Waals surface area contributed by atoms with Crippen molar-refractivity contribution in [2.45, 2.75) is 69.7 Å². The zero-order valence-corrected chi connectivity index (χ0v) is 13.8. The van der Waals surface area contributed by atoms with Gasteiger partial charge in [-0.25, -0.2) is 4.79 Å². The third-order valence-electron chi connectivity index (χ3n) is 3.86. The van der Waals surface area contributed by atoms with Crippen LogP contribution >= 0.6 is 0 Å². The van der Waals surface area contributed by atoms with Crippen molar-refractivity contribution in [1.29, 1.82) is 0 Å². The van der Waals surface area contributed by atoms with Gasteiger partial charge in [0.05, 0.1) is 0 Å². The van der Waals surface area contributed by atoms with Gasteiger partial charge in [0.1, 0.15) is 31.0 Å². The lowest BCUT2D eigenvalue weighted by Crippen LogP contribution is -2.59. The minimum absolute atomic E-state index is 0.270. The quantitative estimate of drug-likeness (QED) is 0.443. The molecule has 136 valence electrons. The molecule has 4 N–H and O–H groups in total. The SMILES string of the molecule is CCCCCCCNC(=O)OC[C@H]1O[C@@H](O)[C@H](OC)[C@@H](O)[C@@H]1O. The number of nitrogens with one attached hydrogen (secondary N) is 1. The molecule has 1 heterocycles. The summed E-state index contributed by atoms with van der Waals surface area (Å²) in [6, 6.07) is 0. The largest absolute Gasteiger partial charge is 0.447 e. The van der Waals surface area contributed by atoms with Crippen molar-refractivity contribution in [2.24, 2.45) is 0 Å². The normalized spacial score (nSPS) is 30.9. The molecule has 8 nitrogen and oxygen atoms in total. The molecule has 0 bridgehead atoms. The summed E-state index contributed by atoms with van der Waals surface area (Å²) >= 11 is 0. The number of rotatable bonds is 9. The van der Waals surface area contributed by atoms with Gasteiger partial charge in [0.25, 0.3) is 0 Å². The van der Waals surface area contributed by atoms with E-state index in [1.807, 2.05) is 0 Å². The fourth-order valence-electron chi connectivity index (χ4n) is 2.44. The molecule has 1 aliphatic heterocycles. The van der Waals surface area contributed by atoms with Gasteiger partial charge in [0, 0.05) is 13.7 Å². The van der Waals surface area contributed by atoms with Gasteiger partial charge in [0.2, 0.25) is 0 Å². The number of ether oxygens (including phenoxy) is 3. The molecular formula is C15H29NO7. The number of alkyl carbamates (subject to hydrolysis) is 1. The Balaban J connectivity index is 2.22. The van der Waals surface area contributed by atoms with Crippen LogP contribution in [-0.2, 0) is 14.2 Å². The van der Waals surface area contributed by atoms with Crippen molar-refractivity contribution in [3.05, 3.63) is 0 Å². The topological polar surface area (TPSA) is 117 Å². The second kappa shape index (κ2) is 10.8. The minimum atomic E-state index is -1.39. The Kier molecular flexibility index (Phi) is 9.42. The first kappa shape index (κ1) is 20.1. The third-order valence-corrected chi connectivity index (χ3v) is 3.86. The summed E-state index contributed by atoms with van der Waals surface area (Å²) in [6.07, 6.45) is -1.27. The van der Waals surface area contributed by atoms with Crippen LogP contribution in [0.4, 0.5) is 4.79 Å². The summed E-state index contributed by atoms with van der Waals surface area (Å²) in [6.45, 7) is 2.39. The highest BCUT2D eigenvalue weighted by Gasteiger charge is 2.44. The highest BCUT2D eigenvalue weighted by molar-refractivity contribution is 5.67. The average molecular weight is 335 g/mol. The number of aliphatic hydroxyl groups is 3. The van der Waals surface area contributed by atoms with Crippen LogP contribution in [-0.4, -0.2) is 72.4 Å². The number of carbonyl (C=O) groups is 1. The van der Waals surface area contributed by atoms with Crippen molar-refractivity contribution in [2.75, 3.05) is 20.3 Å². The van der Waals surface area contributed by atoms with Crippen LogP contribution in [0.1, 0.15) is 39.0 Å². The molecule has 1 rings (SSSR count). The summed E-state index contributed by atoms with van der Waals surface area (Å²) in [5.41, 5.74) is 0. The van der Waals surface area contributed by atoms with Crippen LogP contribution < -0.4 is 5.32 Å². The highest BCUT2D eigenvalue weighted by Crippen LogP contribution is 2.22. The molecule has 0 spiro atoms. The van der Waals surface area contributed by atoms with Crippen molar-refractivity contribution in [3.8, 4) is 0 Å². The van der Waals surface area contributed by atoms with Crippen LogP contribution in [0, 0.1) is 0 Å². The summed E-state index contributed by atoms with van der Waals surface area (Å²) < 4.78 is 14.9. The van der Waals surface area contributed by atoms with Crippen LogP contribution in [0.5, 0.6) is 0 Å². The van der Waals surface area contributed by atoms with Gasteiger partial charge in [-0.2, -0.15) is 0 Å². The van der Waals surface area contributed by atoms with Crippen molar-refractivity contribution < 1.29 is 34.3 Å². The Labute approximate surface area is 136 Å². The smallest absolute Gasteiger partial charge is 0.407 e. The number of carbonyl (C=O) groups excluding carboxylic acids is 1. The predicted molar refractivity (Wildman–Crippen MR) is 81.8 cm³/mol.